The highest BCUT2D eigenvalue weighted by atomic mass is 19.4. The molecule has 0 N–H and O–H groups in total. The van der Waals surface area contributed by atoms with Crippen molar-refractivity contribution in [2.24, 2.45) is 0 Å². The molecule has 0 bridgehead atoms. The number of aromatic nitrogens is 3. The number of nitrogens with zero attached hydrogens (tertiary/aromatic N) is 4. The van der Waals surface area contributed by atoms with Gasteiger partial charge in [-0.1, -0.05) is 18.2 Å². The third-order valence-corrected chi connectivity index (χ3v) is 5.14. The van der Waals surface area contributed by atoms with E-state index in [1.807, 2.05) is 24.3 Å². The van der Waals surface area contributed by atoms with E-state index in [9.17, 15) is 13.2 Å². The number of para-hydroxylation sites is 1. The van der Waals surface area contributed by atoms with Crippen LogP contribution in [0.15, 0.2) is 36.4 Å². The topological polar surface area (TPSA) is 42.7 Å². The average Bonchev–Trinajstić information content (AvgIpc) is 3.26. The molecule has 1 atom stereocenters. The van der Waals surface area contributed by atoms with Crippen molar-refractivity contribution in [2.45, 2.75) is 38.5 Å². The number of hydrogen-bond acceptors (Lipinski definition) is 4. The molecule has 1 aliphatic rings. The number of likely N-dealkylation sites (tertiary alicyclic amines) is 1. The fraction of sp³-hybridized carbons (Fsp3) is 0.400. The van der Waals surface area contributed by atoms with Crippen LogP contribution in [0.1, 0.15) is 41.5 Å². The molecule has 1 aromatic carbocycles. The molecule has 0 aliphatic carbocycles. The van der Waals surface area contributed by atoms with Gasteiger partial charge in [0.25, 0.3) is 0 Å². The summed E-state index contributed by atoms with van der Waals surface area (Å²) in [5, 5.41) is 4.30. The van der Waals surface area contributed by atoms with Gasteiger partial charge in [0.1, 0.15) is 11.4 Å². The standard InChI is InChI=1S/C20H21F3N4O/c1-13-10-18(20(21,22)23)27-19(24-13)11-15(25-27)16-7-5-9-26(16)12-14-6-3-4-8-17(14)28-2/h3-4,6,8,10-11,16H,5,7,9,12H2,1-2H3/t16-/m1/s1. The largest absolute Gasteiger partial charge is 0.496 e. The smallest absolute Gasteiger partial charge is 0.433 e. The second kappa shape index (κ2) is 7.09. The van der Waals surface area contributed by atoms with Crippen LogP contribution in [-0.2, 0) is 12.7 Å². The molecule has 0 spiro atoms. The van der Waals surface area contributed by atoms with Crippen molar-refractivity contribution in [3.63, 3.8) is 0 Å². The lowest BCUT2D eigenvalue weighted by molar-refractivity contribution is -0.142. The van der Waals surface area contributed by atoms with E-state index < -0.39 is 11.9 Å². The monoisotopic (exact) mass is 390 g/mol. The van der Waals surface area contributed by atoms with Crippen LogP contribution < -0.4 is 4.74 Å². The lowest BCUT2D eigenvalue weighted by Crippen LogP contribution is -2.23. The van der Waals surface area contributed by atoms with Crippen LogP contribution in [0.3, 0.4) is 0 Å². The van der Waals surface area contributed by atoms with Crippen LogP contribution in [-0.4, -0.2) is 33.2 Å². The van der Waals surface area contributed by atoms with Crippen molar-refractivity contribution in [2.75, 3.05) is 13.7 Å². The zero-order chi connectivity index (χ0) is 19.9. The summed E-state index contributed by atoms with van der Waals surface area (Å²) in [4.78, 5) is 6.48. The van der Waals surface area contributed by atoms with Crippen molar-refractivity contribution in [1.29, 1.82) is 0 Å². The average molecular weight is 390 g/mol. The first kappa shape index (κ1) is 18.7. The van der Waals surface area contributed by atoms with Gasteiger partial charge in [-0.15, -0.1) is 0 Å². The van der Waals surface area contributed by atoms with Gasteiger partial charge in [-0.05, 0) is 38.4 Å². The van der Waals surface area contributed by atoms with Gasteiger partial charge in [-0.3, -0.25) is 4.90 Å². The second-order valence-corrected chi connectivity index (χ2v) is 7.06. The maximum absolute atomic E-state index is 13.4. The molecule has 8 heteroatoms. The minimum atomic E-state index is -4.48. The summed E-state index contributed by atoms with van der Waals surface area (Å²) >= 11 is 0. The molecule has 0 saturated carbocycles. The molecule has 1 saturated heterocycles. The Hall–Kier alpha value is -2.61. The lowest BCUT2D eigenvalue weighted by atomic mass is 10.1. The number of hydrogen-bond donors (Lipinski definition) is 0. The van der Waals surface area contributed by atoms with E-state index in [0.717, 1.165) is 41.3 Å². The summed E-state index contributed by atoms with van der Waals surface area (Å²) < 4.78 is 46.6. The number of aryl methyl sites for hydroxylation is 1. The van der Waals surface area contributed by atoms with Gasteiger partial charge < -0.3 is 4.74 Å². The van der Waals surface area contributed by atoms with E-state index in [4.69, 9.17) is 4.74 Å². The van der Waals surface area contributed by atoms with E-state index in [-0.39, 0.29) is 11.7 Å². The number of halogens is 3. The van der Waals surface area contributed by atoms with Crippen LogP contribution in [0.25, 0.3) is 5.65 Å². The quantitative estimate of drug-likeness (QED) is 0.662. The first-order valence-corrected chi connectivity index (χ1v) is 9.17. The van der Waals surface area contributed by atoms with Crippen LogP contribution in [0.4, 0.5) is 13.2 Å². The van der Waals surface area contributed by atoms with Crippen molar-refractivity contribution in [3.8, 4) is 5.75 Å². The summed E-state index contributed by atoms with van der Waals surface area (Å²) in [6, 6.07) is 10.4. The predicted molar refractivity (Wildman–Crippen MR) is 98.1 cm³/mol. The Kier molecular flexibility index (Phi) is 4.74. The summed E-state index contributed by atoms with van der Waals surface area (Å²) in [7, 11) is 1.63. The number of benzene rings is 1. The highest BCUT2D eigenvalue weighted by Crippen LogP contribution is 2.36. The maximum atomic E-state index is 13.4. The number of ether oxygens (including phenoxy) is 1. The summed E-state index contributed by atoms with van der Waals surface area (Å²) in [5.74, 6) is 0.805. The number of methoxy groups -OCH3 is 1. The lowest BCUT2D eigenvalue weighted by Gasteiger charge is -2.23. The Morgan fingerprint density at radius 1 is 1.21 bits per heavy atom. The van der Waals surface area contributed by atoms with Crippen LogP contribution >= 0.6 is 0 Å². The van der Waals surface area contributed by atoms with Gasteiger partial charge in [-0.2, -0.15) is 18.3 Å². The van der Waals surface area contributed by atoms with Gasteiger partial charge in [0, 0.05) is 23.9 Å². The predicted octanol–water partition coefficient (Wildman–Crippen LogP) is 4.40. The van der Waals surface area contributed by atoms with Gasteiger partial charge in [0.15, 0.2) is 5.65 Å². The molecular formula is C20H21F3N4O. The Morgan fingerprint density at radius 3 is 2.75 bits per heavy atom. The van der Waals surface area contributed by atoms with Crippen LogP contribution in [0.5, 0.6) is 5.75 Å². The van der Waals surface area contributed by atoms with Gasteiger partial charge in [0.05, 0.1) is 18.8 Å². The van der Waals surface area contributed by atoms with Crippen molar-refractivity contribution < 1.29 is 17.9 Å². The summed E-state index contributed by atoms with van der Waals surface area (Å²) in [6.45, 7) is 3.07. The molecule has 28 heavy (non-hydrogen) atoms. The summed E-state index contributed by atoms with van der Waals surface area (Å²) in [6.07, 6.45) is -2.67. The highest BCUT2D eigenvalue weighted by molar-refractivity contribution is 5.43. The van der Waals surface area contributed by atoms with E-state index >= 15 is 0 Å². The fourth-order valence-corrected chi connectivity index (χ4v) is 3.89. The molecule has 3 aromatic rings. The van der Waals surface area contributed by atoms with E-state index in [2.05, 4.69) is 15.0 Å². The first-order valence-electron chi connectivity index (χ1n) is 9.17. The van der Waals surface area contributed by atoms with E-state index in [1.54, 1.807) is 20.1 Å². The number of fused-ring (bicyclic) bond motifs is 1. The third kappa shape index (κ3) is 3.44. The minimum Gasteiger partial charge on any atom is -0.496 e. The molecule has 1 aliphatic heterocycles. The Balaban J connectivity index is 1.69. The highest BCUT2D eigenvalue weighted by Gasteiger charge is 2.36. The molecule has 2 aromatic heterocycles. The van der Waals surface area contributed by atoms with Crippen molar-refractivity contribution in [3.05, 3.63) is 59.0 Å². The second-order valence-electron chi connectivity index (χ2n) is 7.06. The van der Waals surface area contributed by atoms with E-state index in [1.165, 1.54) is 0 Å². The van der Waals surface area contributed by atoms with E-state index in [0.29, 0.717) is 17.9 Å². The molecule has 5 nitrogen and oxygen atoms in total. The molecule has 0 amide bonds. The molecule has 1 fully saturated rings. The van der Waals surface area contributed by atoms with Crippen molar-refractivity contribution >= 4 is 5.65 Å². The molecule has 148 valence electrons. The first-order chi connectivity index (χ1) is 13.4. The third-order valence-electron chi connectivity index (χ3n) is 5.14. The normalized spacial score (nSPS) is 18.1. The van der Waals surface area contributed by atoms with Gasteiger partial charge >= 0.3 is 6.18 Å². The number of rotatable bonds is 4. The Morgan fingerprint density at radius 2 is 2.00 bits per heavy atom. The van der Waals surface area contributed by atoms with Crippen molar-refractivity contribution in [1.82, 2.24) is 19.5 Å². The SMILES string of the molecule is COc1ccccc1CN1CCC[C@@H]1c1cc2nc(C)cc(C(F)(F)F)n2n1. The molecule has 0 unspecified atom stereocenters. The maximum Gasteiger partial charge on any atom is 0.433 e. The molecule has 3 heterocycles. The zero-order valence-electron chi connectivity index (χ0n) is 15.7. The summed E-state index contributed by atoms with van der Waals surface area (Å²) in [5.41, 5.74) is 1.42. The van der Waals surface area contributed by atoms with Crippen LogP contribution in [0.2, 0.25) is 0 Å². The fourth-order valence-electron chi connectivity index (χ4n) is 3.89. The molecule has 4 rings (SSSR count). The van der Waals surface area contributed by atoms with Gasteiger partial charge in [0.2, 0.25) is 0 Å². The minimum absolute atomic E-state index is 0.0481. The molecule has 0 radical (unpaired) electrons. The Bertz CT molecular complexity index is 999. The van der Waals surface area contributed by atoms with Crippen LogP contribution in [0, 0.1) is 6.92 Å². The molecular weight excluding hydrogens is 369 g/mol. The Labute approximate surface area is 160 Å². The number of alkyl halides is 3. The van der Waals surface area contributed by atoms with Gasteiger partial charge in [-0.25, -0.2) is 9.50 Å². The zero-order valence-corrected chi connectivity index (χ0v) is 15.7.